The first-order valence-electron chi connectivity index (χ1n) is 6.60. The fourth-order valence-electron chi connectivity index (χ4n) is 2.80. The SMILES string of the molecule is COC(=O)c1cc2c3c(c1)nc(C(F)(F)F)n3CCCC2. The van der Waals surface area contributed by atoms with Crippen LogP contribution in [0.4, 0.5) is 13.2 Å². The molecular formula is C14H13F3N2O2. The van der Waals surface area contributed by atoms with Gasteiger partial charge in [-0.25, -0.2) is 9.78 Å². The summed E-state index contributed by atoms with van der Waals surface area (Å²) in [6, 6.07) is 2.97. The molecule has 0 bridgehead atoms. The molecule has 7 heteroatoms. The Morgan fingerprint density at radius 1 is 1.33 bits per heavy atom. The number of hydrogen-bond donors (Lipinski definition) is 0. The lowest BCUT2D eigenvalue weighted by Crippen LogP contribution is -2.14. The van der Waals surface area contributed by atoms with Crippen molar-refractivity contribution < 1.29 is 22.7 Å². The minimum atomic E-state index is -4.51. The number of methoxy groups -OCH3 is 1. The maximum Gasteiger partial charge on any atom is 0.449 e. The average Bonchev–Trinajstić information content (AvgIpc) is 2.67. The highest BCUT2D eigenvalue weighted by Gasteiger charge is 2.38. The number of rotatable bonds is 1. The van der Waals surface area contributed by atoms with Gasteiger partial charge < -0.3 is 9.30 Å². The normalized spacial score (nSPS) is 15.0. The molecule has 0 saturated carbocycles. The monoisotopic (exact) mass is 298 g/mol. The van der Waals surface area contributed by atoms with Crippen LogP contribution in [-0.2, 0) is 23.9 Å². The van der Waals surface area contributed by atoms with Crippen LogP contribution in [0.2, 0.25) is 0 Å². The molecule has 2 aromatic rings. The van der Waals surface area contributed by atoms with Crippen molar-refractivity contribution in [3.05, 3.63) is 29.1 Å². The smallest absolute Gasteiger partial charge is 0.449 e. The minimum absolute atomic E-state index is 0.196. The van der Waals surface area contributed by atoms with Gasteiger partial charge in [0.1, 0.15) is 0 Å². The van der Waals surface area contributed by atoms with Crippen LogP contribution < -0.4 is 0 Å². The average molecular weight is 298 g/mol. The summed E-state index contributed by atoms with van der Waals surface area (Å²) in [5.41, 5.74) is 1.63. The second kappa shape index (κ2) is 4.75. The number of nitrogens with zero attached hydrogens (tertiary/aromatic N) is 2. The summed E-state index contributed by atoms with van der Waals surface area (Å²) in [4.78, 5) is 15.3. The van der Waals surface area contributed by atoms with Crippen molar-refractivity contribution in [3.63, 3.8) is 0 Å². The number of benzene rings is 1. The highest BCUT2D eigenvalue weighted by molar-refractivity contribution is 5.95. The number of ether oxygens (including phenoxy) is 1. The number of aryl methyl sites for hydroxylation is 2. The van der Waals surface area contributed by atoms with Gasteiger partial charge in [-0.3, -0.25) is 0 Å². The number of carbonyl (C=O) groups excluding carboxylic acids is 1. The molecule has 2 heterocycles. The summed E-state index contributed by atoms with van der Waals surface area (Å²) in [5, 5.41) is 0. The molecule has 21 heavy (non-hydrogen) atoms. The number of alkyl halides is 3. The van der Waals surface area contributed by atoms with Gasteiger partial charge in [-0.1, -0.05) is 0 Å². The number of aromatic nitrogens is 2. The van der Waals surface area contributed by atoms with Crippen LogP contribution in [0.5, 0.6) is 0 Å². The topological polar surface area (TPSA) is 44.1 Å². The Kier molecular flexibility index (Phi) is 3.15. The number of halogens is 3. The van der Waals surface area contributed by atoms with Crippen molar-refractivity contribution in [1.82, 2.24) is 9.55 Å². The maximum atomic E-state index is 13.1. The van der Waals surface area contributed by atoms with Crippen LogP contribution in [0.1, 0.15) is 34.6 Å². The molecule has 0 N–H and O–H groups in total. The van der Waals surface area contributed by atoms with E-state index in [1.165, 1.54) is 17.7 Å². The van der Waals surface area contributed by atoms with Crippen LogP contribution >= 0.6 is 0 Å². The van der Waals surface area contributed by atoms with Crippen LogP contribution in [0.25, 0.3) is 11.0 Å². The summed E-state index contributed by atoms with van der Waals surface area (Å²) in [6.07, 6.45) is -2.45. The summed E-state index contributed by atoms with van der Waals surface area (Å²) < 4.78 is 45.2. The van der Waals surface area contributed by atoms with Crippen LogP contribution in [-0.4, -0.2) is 22.6 Å². The number of imidazole rings is 1. The Hall–Kier alpha value is -2.05. The standard InChI is InChI=1S/C14H13F3N2O2/c1-21-12(20)9-6-8-4-2-3-5-19-11(8)10(7-9)18-13(19)14(15,16)17/h6-7H,2-5H2,1H3. The molecule has 112 valence electrons. The first-order chi connectivity index (χ1) is 9.91. The van der Waals surface area contributed by atoms with E-state index in [9.17, 15) is 18.0 Å². The number of carbonyl (C=O) groups is 1. The van der Waals surface area contributed by atoms with Gasteiger partial charge >= 0.3 is 12.1 Å². The lowest BCUT2D eigenvalue weighted by molar-refractivity contribution is -0.146. The van der Waals surface area contributed by atoms with E-state index in [1.54, 1.807) is 6.07 Å². The van der Waals surface area contributed by atoms with E-state index in [1.807, 2.05) is 0 Å². The van der Waals surface area contributed by atoms with Gasteiger partial charge in [0.2, 0.25) is 5.82 Å². The molecule has 0 fully saturated rings. The fraction of sp³-hybridized carbons (Fsp3) is 0.429. The van der Waals surface area contributed by atoms with Crippen LogP contribution in [0.3, 0.4) is 0 Å². The summed E-state index contributed by atoms with van der Waals surface area (Å²) in [5.74, 6) is -1.47. The molecule has 0 saturated heterocycles. The van der Waals surface area contributed by atoms with E-state index in [-0.39, 0.29) is 17.6 Å². The van der Waals surface area contributed by atoms with Crippen molar-refractivity contribution in [2.45, 2.75) is 32.0 Å². The third kappa shape index (κ3) is 2.26. The molecule has 1 aliphatic heterocycles. The summed E-state index contributed by atoms with van der Waals surface area (Å²) in [7, 11) is 1.24. The van der Waals surface area contributed by atoms with Gasteiger partial charge in [0.15, 0.2) is 0 Å². The van der Waals surface area contributed by atoms with Gasteiger partial charge in [-0.2, -0.15) is 13.2 Å². The Morgan fingerprint density at radius 3 is 2.76 bits per heavy atom. The predicted octanol–water partition coefficient (Wildman–Crippen LogP) is 3.18. The summed E-state index contributed by atoms with van der Waals surface area (Å²) >= 11 is 0. The molecule has 1 aromatic carbocycles. The Morgan fingerprint density at radius 2 is 2.10 bits per heavy atom. The molecule has 4 nitrogen and oxygen atoms in total. The number of hydrogen-bond acceptors (Lipinski definition) is 3. The Labute approximate surface area is 118 Å². The van der Waals surface area contributed by atoms with Gasteiger partial charge in [0.05, 0.1) is 23.7 Å². The van der Waals surface area contributed by atoms with Gasteiger partial charge in [0, 0.05) is 6.54 Å². The molecule has 0 spiro atoms. The lowest BCUT2D eigenvalue weighted by Gasteiger charge is -2.10. The van der Waals surface area contributed by atoms with Crippen molar-refractivity contribution in [3.8, 4) is 0 Å². The van der Waals surface area contributed by atoms with Crippen molar-refractivity contribution in [2.24, 2.45) is 0 Å². The third-order valence-corrected chi connectivity index (χ3v) is 3.67. The second-order valence-electron chi connectivity index (χ2n) is 5.04. The predicted molar refractivity (Wildman–Crippen MR) is 69.0 cm³/mol. The molecule has 0 radical (unpaired) electrons. The van der Waals surface area contributed by atoms with Gasteiger partial charge in [-0.15, -0.1) is 0 Å². The highest BCUT2D eigenvalue weighted by atomic mass is 19.4. The first-order valence-corrected chi connectivity index (χ1v) is 6.60. The van der Waals surface area contributed by atoms with Gasteiger partial charge in [-0.05, 0) is 37.0 Å². The largest absolute Gasteiger partial charge is 0.465 e. The maximum absolute atomic E-state index is 13.1. The van der Waals surface area contributed by atoms with Crippen LogP contribution in [0, 0.1) is 0 Å². The van der Waals surface area contributed by atoms with Gasteiger partial charge in [0.25, 0.3) is 0 Å². The third-order valence-electron chi connectivity index (χ3n) is 3.67. The second-order valence-corrected chi connectivity index (χ2v) is 5.04. The first kappa shape index (κ1) is 13.9. The van der Waals surface area contributed by atoms with E-state index in [0.717, 1.165) is 6.42 Å². The zero-order chi connectivity index (χ0) is 15.2. The van der Waals surface area contributed by atoms with E-state index < -0.39 is 18.0 Å². The van der Waals surface area contributed by atoms with Crippen molar-refractivity contribution in [2.75, 3.05) is 7.11 Å². The highest BCUT2D eigenvalue weighted by Crippen LogP contribution is 2.35. The van der Waals surface area contributed by atoms with E-state index in [0.29, 0.717) is 23.9 Å². The zero-order valence-electron chi connectivity index (χ0n) is 11.3. The molecule has 0 aliphatic carbocycles. The lowest BCUT2D eigenvalue weighted by atomic mass is 10.0. The zero-order valence-corrected chi connectivity index (χ0v) is 11.3. The fourth-order valence-corrected chi connectivity index (χ4v) is 2.80. The van der Waals surface area contributed by atoms with E-state index in [4.69, 9.17) is 0 Å². The van der Waals surface area contributed by atoms with E-state index in [2.05, 4.69) is 9.72 Å². The summed E-state index contributed by atoms with van der Waals surface area (Å²) in [6.45, 7) is 0.288. The molecule has 0 unspecified atom stereocenters. The molecular weight excluding hydrogens is 285 g/mol. The Bertz CT molecular complexity index is 719. The number of esters is 1. The Balaban J connectivity index is 2.30. The van der Waals surface area contributed by atoms with Crippen molar-refractivity contribution in [1.29, 1.82) is 0 Å². The quantitative estimate of drug-likeness (QED) is 0.760. The van der Waals surface area contributed by atoms with Crippen molar-refractivity contribution >= 4 is 17.0 Å². The molecule has 0 atom stereocenters. The molecule has 0 amide bonds. The van der Waals surface area contributed by atoms with Crippen LogP contribution in [0.15, 0.2) is 12.1 Å². The molecule has 3 rings (SSSR count). The molecule has 1 aromatic heterocycles. The van der Waals surface area contributed by atoms with E-state index >= 15 is 0 Å². The minimum Gasteiger partial charge on any atom is -0.465 e. The molecule has 1 aliphatic rings.